The highest BCUT2D eigenvalue weighted by Crippen LogP contribution is 2.22. The third-order valence-corrected chi connectivity index (χ3v) is 3.70. The predicted octanol–water partition coefficient (Wildman–Crippen LogP) is 2.60. The zero-order valence-corrected chi connectivity index (χ0v) is 11.4. The van der Waals surface area contributed by atoms with Gasteiger partial charge in [0.2, 0.25) is 0 Å². The number of nitrogens with zero attached hydrogens (tertiary/aromatic N) is 1. The number of likely N-dealkylation sites (tertiary alicyclic amines) is 1. The molecule has 1 amide bonds. The number of halogens is 1. The molecule has 0 bridgehead atoms. The smallest absolute Gasteiger partial charge is 0.305 e. The topological polar surface area (TPSA) is 57.6 Å². The first kappa shape index (κ1) is 14.5. The Labute approximate surface area is 117 Å². The number of aryl methyl sites for hydroxylation is 1. The maximum absolute atomic E-state index is 13.3. The third-order valence-electron chi connectivity index (χ3n) is 3.70. The van der Waals surface area contributed by atoms with Gasteiger partial charge in [0.25, 0.3) is 5.91 Å². The molecule has 4 nitrogen and oxygen atoms in total. The van der Waals surface area contributed by atoms with Gasteiger partial charge in [-0.2, -0.15) is 0 Å². The molecule has 0 aromatic heterocycles. The van der Waals surface area contributed by atoms with Crippen molar-refractivity contribution in [3.63, 3.8) is 0 Å². The number of hydrogen-bond donors (Lipinski definition) is 1. The molecule has 5 heteroatoms. The summed E-state index contributed by atoms with van der Waals surface area (Å²) in [6, 6.07) is 3.99. The molecule has 1 saturated heterocycles. The van der Waals surface area contributed by atoms with Crippen molar-refractivity contribution in [2.24, 2.45) is 0 Å². The van der Waals surface area contributed by atoms with Gasteiger partial charge in [-0.1, -0.05) is 0 Å². The third kappa shape index (κ3) is 3.15. The summed E-state index contributed by atoms with van der Waals surface area (Å²) in [5.41, 5.74) is 0.837. The monoisotopic (exact) mass is 279 g/mol. The fraction of sp³-hybridized carbons (Fsp3) is 0.467. The number of benzene rings is 1. The molecule has 0 radical (unpaired) electrons. The van der Waals surface area contributed by atoms with Gasteiger partial charge in [-0.05, 0) is 49.9 Å². The molecule has 1 aromatic rings. The summed E-state index contributed by atoms with van der Waals surface area (Å²) in [7, 11) is 0. The van der Waals surface area contributed by atoms with Crippen LogP contribution in [0.5, 0.6) is 0 Å². The average Bonchev–Trinajstić information content (AvgIpc) is 2.41. The minimum absolute atomic E-state index is 0.0358. The summed E-state index contributed by atoms with van der Waals surface area (Å²) in [5, 5.41) is 8.93. The van der Waals surface area contributed by atoms with Gasteiger partial charge in [-0.15, -0.1) is 0 Å². The Balaban J connectivity index is 2.20. The Kier molecular flexibility index (Phi) is 4.37. The first-order chi connectivity index (χ1) is 9.49. The van der Waals surface area contributed by atoms with Gasteiger partial charge < -0.3 is 10.0 Å². The lowest BCUT2D eigenvalue weighted by molar-refractivity contribution is -0.138. The van der Waals surface area contributed by atoms with Crippen LogP contribution < -0.4 is 0 Å². The van der Waals surface area contributed by atoms with Crippen molar-refractivity contribution in [3.05, 3.63) is 35.1 Å². The summed E-state index contributed by atoms with van der Waals surface area (Å²) in [6.45, 7) is 2.17. The zero-order valence-electron chi connectivity index (χ0n) is 11.4. The molecular formula is C15H18FNO3. The second-order valence-electron chi connectivity index (χ2n) is 5.21. The molecule has 2 rings (SSSR count). The lowest BCUT2D eigenvalue weighted by Crippen LogP contribution is -2.44. The fourth-order valence-electron chi connectivity index (χ4n) is 2.63. The van der Waals surface area contributed by atoms with Gasteiger partial charge in [0.05, 0.1) is 6.42 Å². The van der Waals surface area contributed by atoms with E-state index in [0.29, 0.717) is 24.1 Å². The number of piperidine rings is 1. The van der Waals surface area contributed by atoms with Crippen LogP contribution in [0.15, 0.2) is 18.2 Å². The number of rotatable bonds is 3. The summed E-state index contributed by atoms with van der Waals surface area (Å²) in [4.78, 5) is 25.0. The Bertz CT molecular complexity index is 530. The molecule has 1 aliphatic heterocycles. The Morgan fingerprint density at radius 1 is 1.40 bits per heavy atom. The van der Waals surface area contributed by atoms with Gasteiger partial charge in [0.1, 0.15) is 5.82 Å². The molecule has 1 aliphatic rings. The van der Waals surface area contributed by atoms with Crippen molar-refractivity contribution in [2.45, 2.75) is 38.6 Å². The minimum Gasteiger partial charge on any atom is -0.481 e. The Hall–Kier alpha value is -1.91. The van der Waals surface area contributed by atoms with Crippen LogP contribution in [0, 0.1) is 12.7 Å². The zero-order chi connectivity index (χ0) is 14.7. The van der Waals surface area contributed by atoms with Crippen molar-refractivity contribution >= 4 is 11.9 Å². The van der Waals surface area contributed by atoms with Crippen molar-refractivity contribution in [2.75, 3.05) is 6.54 Å². The van der Waals surface area contributed by atoms with E-state index in [-0.39, 0.29) is 24.2 Å². The van der Waals surface area contributed by atoms with Crippen LogP contribution >= 0.6 is 0 Å². The lowest BCUT2D eigenvalue weighted by atomic mass is 9.98. The molecule has 1 heterocycles. The molecule has 108 valence electrons. The van der Waals surface area contributed by atoms with Crippen LogP contribution in [0.4, 0.5) is 4.39 Å². The van der Waals surface area contributed by atoms with Crippen LogP contribution in [-0.4, -0.2) is 34.5 Å². The summed E-state index contributed by atoms with van der Waals surface area (Å²) < 4.78 is 13.3. The number of carbonyl (C=O) groups is 2. The molecule has 20 heavy (non-hydrogen) atoms. The van der Waals surface area contributed by atoms with Gasteiger partial charge in [-0.3, -0.25) is 9.59 Å². The van der Waals surface area contributed by atoms with E-state index < -0.39 is 5.97 Å². The van der Waals surface area contributed by atoms with Crippen LogP contribution in [0.1, 0.15) is 41.6 Å². The normalized spacial score (nSPS) is 18.9. The molecular weight excluding hydrogens is 261 g/mol. The second-order valence-corrected chi connectivity index (χ2v) is 5.21. The van der Waals surface area contributed by atoms with Crippen LogP contribution in [0.3, 0.4) is 0 Å². The maximum atomic E-state index is 13.3. The minimum atomic E-state index is -0.898. The van der Waals surface area contributed by atoms with E-state index in [0.717, 1.165) is 12.8 Å². The molecule has 1 aromatic carbocycles. The lowest BCUT2D eigenvalue weighted by Gasteiger charge is -2.35. The first-order valence-electron chi connectivity index (χ1n) is 6.78. The van der Waals surface area contributed by atoms with Crippen LogP contribution in [0.25, 0.3) is 0 Å². The van der Waals surface area contributed by atoms with Gasteiger partial charge >= 0.3 is 5.97 Å². The number of carboxylic acid groups (broad SMARTS) is 1. The second kappa shape index (κ2) is 6.03. The highest BCUT2D eigenvalue weighted by atomic mass is 19.1. The quantitative estimate of drug-likeness (QED) is 0.925. The first-order valence-corrected chi connectivity index (χ1v) is 6.78. The van der Waals surface area contributed by atoms with E-state index in [1.54, 1.807) is 11.8 Å². The van der Waals surface area contributed by atoms with E-state index in [9.17, 15) is 14.0 Å². The van der Waals surface area contributed by atoms with E-state index in [1.165, 1.54) is 18.2 Å². The van der Waals surface area contributed by atoms with Crippen molar-refractivity contribution < 1.29 is 19.1 Å². The highest BCUT2D eigenvalue weighted by molar-refractivity contribution is 5.95. The number of aliphatic carboxylic acids is 1. The van der Waals surface area contributed by atoms with Gasteiger partial charge in [-0.25, -0.2) is 4.39 Å². The summed E-state index contributed by atoms with van der Waals surface area (Å²) >= 11 is 0. The molecule has 0 saturated carbocycles. The number of carbonyl (C=O) groups excluding carboxylic acids is 1. The molecule has 0 aliphatic carbocycles. The largest absolute Gasteiger partial charge is 0.481 e. The van der Waals surface area contributed by atoms with Crippen molar-refractivity contribution in [1.29, 1.82) is 0 Å². The summed E-state index contributed by atoms with van der Waals surface area (Å²) in [5.74, 6) is -1.45. The Morgan fingerprint density at radius 2 is 2.15 bits per heavy atom. The van der Waals surface area contributed by atoms with E-state index in [1.807, 2.05) is 0 Å². The standard InChI is InChI=1S/C15H18FNO3/c1-10-8-11(5-6-13(10)16)15(20)17-7-3-2-4-12(17)9-14(18)19/h5-6,8,12H,2-4,7,9H2,1H3,(H,18,19). The number of amides is 1. The SMILES string of the molecule is Cc1cc(C(=O)N2CCCCC2CC(=O)O)ccc1F. The molecule has 1 fully saturated rings. The van der Waals surface area contributed by atoms with Gasteiger partial charge in [0.15, 0.2) is 0 Å². The fourth-order valence-corrected chi connectivity index (χ4v) is 2.63. The molecule has 0 spiro atoms. The molecule has 1 atom stereocenters. The number of hydrogen-bond acceptors (Lipinski definition) is 2. The van der Waals surface area contributed by atoms with E-state index >= 15 is 0 Å². The van der Waals surface area contributed by atoms with Crippen LogP contribution in [-0.2, 0) is 4.79 Å². The van der Waals surface area contributed by atoms with E-state index in [2.05, 4.69) is 0 Å². The summed E-state index contributed by atoms with van der Waals surface area (Å²) in [6.07, 6.45) is 2.48. The molecule has 1 N–H and O–H groups in total. The highest BCUT2D eigenvalue weighted by Gasteiger charge is 2.29. The van der Waals surface area contributed by atoms with Crippen molar-refractivity contribution in [1.82, 2.24) is 4.90 Å². The average molecular weight is 279 g/mol. The predicted molar refractivity (Wildman–Crippen MR) is 72.1 cm³/mol. The maximum Gasteiger partial charge on any atom is 0.305 e. The van der Waals surface area contributed by atoms with E-state index in [4.69, 9.17) is 5.11 Å². The van der Waals surface area contributed by atoms with Crippen molar-refractivity contribution in [3.8, 4) is 0 Å². The number of carboxylic acids is 1. The van der Waals surface area contributed by atoms with Gasteiger partial charge in [0, 0.05) is 18.2 Å². The van der Waals surface area contributed by atoms with Crippen LogP contribution in [0.2, 0.25) is 0 Å². The molecule has 1 unspecified atom stereocenters. The Morgan fingerprint density at radius 3 is 2.80 bits per heavy atom.